The minimum Gasteiger partial charge on any atom is -0.484 e. The molecule has 24 heavy (non-hydrogen) atoms. The Morgan fingerprint density at radius 1 is 1.42 bits per heavy atom. The maximum Gasteiger partial charge on any atom is 0.312 e. The number of nitrogens with zero attached hydrogens (tertiary/aromatic N) is 1. The van der Waals surface area contributed by atoms with Crippen molar-refractivity contribution in [3.63, 3.8) is 0 Å². The van der Waals surface area contributed by atoms with Crippen molar-refractivity contribution in [3.8, 4) is 5.75 Å². The van der Waals surface area contributed by atoms with Gasteiger partial charge in [-0.05, 0) is 19.1 Å². The van der Waals surface area contributed by atoms with Crippen LogP contribution in [0.5, 0.6) is 5.75 Å². The molecule has 8 heteroatoms. The van der Waals surface area contributed by atoms with Crippen LogP contribution < -0.4 is 10.1 Å². The van der Waals surface area contributed by atoms with E-state index in [4.69, 9.17) is 4.74 Å². The quantitative estimate of drug-likeness (QED) is 0.753. The summed E-state index contributed by atoms with van der Waals surface area (Å²) in [6.45, 7) is 1.63. The summed E-state index contributed by atoms with van der Waals surface area (Å²) in [4.78, 5) is 37.0. The highest BCUT2D eigenvalue weighted by Crippen LogP contribution is 2.41. The van der Waals surface area contributed by atoms with Crippen molar-refractivity contribution < 1.29 is 24.2 Å². The molecule has 2 amide bonds. The minimum absolute atomic E-state index is 0.169. The summed E-state index contributed by atoms with van der Waals surface area (Å²) >= 11 is 1.39. The SMILES string of the molecule is CC1(C(=O)O)CS[C@@H]2C(NC(=O)COc3ccccc3)C(=O)N2C1. The van der Waals surface area contributed by atoms with Crippen LogP contribution in [0, 0.1) is 5.41 Å². The number of fused-ring (bicyclic) bond motifs is 1. The first-order valence-corrected chi connectivity index (χ1v) is 8.58. The first kappa shape index (κ1) is 16.6. The van der Waals surface area contributed by atoms with Crippen LogP contribution in [0.3, 0.4) is 0 Å². The summed E-state index contributed by atoms with van der Waals surface area (Å²) in [7, 11) is 0. The van der Waals surface area contributed by atoms with E-state index in [1.165, 1.54) is 16.7 Å². The van der Waals surface area contributed by atoms with Crippen LogP contribution in [-0.4, -0.2) is 58.1 Å². The molecule has 1 aromatic carbocycles. The number of hydrogen-bond acceptors (Lipinski definition) is 5. The van der Waals surface area contributed by atoms with Crippen molar-refractivity contribution in [2.45, 2.75) is 18.3 Å². The first-order valence-electron chi connectivity index (χ1n) is 7.53. The maximum absolute atomic E-state index is 12.2. The van der Waals surface area contributed by atoms with Gasteiger partial charge < -0.3 is 20.1 Å². The molecule has 0 aliphatic carbocycles. The third-order valence-corrected chi connectivity index (χ3v) is 5.85. The summed E-state index contributed by atoms with van der Waals surface area (Å²) in [6.07, 6.45) is 0. The van der Waals surface area contributed by atoms with Gasteiger partial charge in [0.05, 0.1) is 5.41 Å². The number of carbonyl (C=O) groups is 3. The van der Waals surface area contributed by atoms with E-state index in [2.05, 4.69) is 5.32 Å². The van der Waals surface area contributed by atoms with Gasteiger partial charge in [-0.25, -0.2) is 0 Å². The second-order valence-corrected chi connectivity index (χ2v) is 7.29. The average molecular weight is 350 g/mol. The Bertz CT molecular complexity index is 668. The van der Waals surface area contributed by atoms with Gasteiger partial charge in [0.2, 0.25) is 5.91 Å². The maximum atomic E-state index is 12.2. The zero-order valence-electron chi connectivity index (χ0n) is 13.1. The van der Waals surface area contributed by atoms with Crippen LogP contribution >= 0.6 is 11.8 Å². The van der Waals surface area contributed by atoms with Crippen molar-refractivity contribution in [1.82, 2.24) is 10.2 Å². The van der Waals surface area contributed by atoms with Gasteiger partial charge in [0.1, 0.15) is 17.2 Å². The summed E-state index contributed by atoms with van der Waals surface area (Å²) in [5.41, 5.74) is -0.942. The number of carboxylic acid groups (broad SMARTS) is 1. The number of carbonyl (C=O) groups excluding carboxylic acids is 2. The van der Waals surface area contributed by atoms with E-state index in [-0.39, 0.29) is 30.3 Å². The largest absolute Gasteiger partial charge is 0.484 e. The van der Waals surface area contributed by atoms with E-state index in [9.17, 15) is 19.5 Å². The van der Waals surface area contributed by atoms with Crippen molar-refractivity contribution in [3.05, 3.63) is 30.3 Å². The van der Waals surface area contributed by atoms with Crippen LogP contribution in [0.15, 0.2) is 30.3 Å². The molecule has 2 saturated heterocycles. The highest BCUT2D eigenvalue weighted by molar-refractivity contribution is 8.00. The number of aliphatic carboxylic acids is 1. The fourth-order valence-electron chi connectivity index (χ4n) is 2.71. The van der Waals surface area contributed by atoms with E-state index in [0.29, 0.717) is 11.5 Å². The fraction of sp³-hybridized carbons (Fsp3) is 0.438. The molecule has 2 unspecified atom stereocenters. The Morgan fingerprint density at radius 2 is 2.12 bits per heavy atom. The normalized spacial score (nSPS) is 28.5. The van der Waals surface area contributed by atoms with Gasteiger partial charge in [-0.1, -0.05) is 18.2 Å². The molecule has 3 rings (SSSR count). The lowest BCUT2D eigenvalue weighted by molar-refractivity contribution is -0.158. The van der Waals surface area contributed by atoms with Gasteiger partial charge in [-0.3, -0.25) is 14.4 Å². The van der Waals surface area contributed by atoms with E-state index in [0.717, 1.165) is 0 Å². The summed E-state index contributed by atoms with van der Waals surface area (Å²) in [5, 5.41) is 11.7. The van der Waals surface area contributed by atoms with Gasteiger partial charge in [0, 0.05) is 12.3 Å². The molecule has 1 aromatic rings. The van der Waals surface area contributed by atoms with E-state index >= 15 is 0 Å². The molecule has 0 radical (unpaired) electrons. The van der Waals surface area contributed by atoms with E-state index < -0.39 is 17.4 Å². The van der Waals surface area contributed by atoms with Crippen LogP contribution in [0.2, 0.25) is 0 Å². The lowest BCUT2D eigenvalue weighted by atomic mass is 9.89. The van der Waals surface area contributed by atoms with Crippen molar-refractivity contribution in [1.29, 1.82) is 0 Å². The van der Waals surface area contributed by atoms with E-state index in [1.807, 2.05) is 6.07 Å². The van der Waals surface area contributed by atoms with Crippen LogP contribution in [0.25, 0.3) is 0 Å². The monoisotopic (exact) mass is 350 g/mol. The number of benzene rings is 1. The lowest BCUT2D eigenvalue weighted by Gasteiger charge is -2.53. The number of nitrogens with one attached hydrogen (secondary N) is 1. The van der Waals surface area contributed by atoms with E-state index in [1.54, 1.807) is 31.2 Å². The predicted molar refractivity (Wildman–Crippen MR) is 87.6 cm³/mol. The molecule has 128 valence electrons. The molecule has 2 heterocycles. The molecule has 3 atom stereocenters. The number of rotatable bonds is 5. The van der Waals surface area contributed by atoms with Gasteiger partial charge in [0.25, 0.3) is 5.91 Å². The van der Waals surface area contributed by atoms with Crippen LogP contribution in [0.4, 0.5) is 0 Å². The third kappa shape index (κ3) is 3.06. The Labute approximate surface area is 143 Å². The Balaban J connectivity index is 1.52. The average Bonchev–Trinajstić information content (AvgIpc) is 2.58. The Hall–Kier alpha value is -2.22. The molecule has 0 saturated carbocycles. The number of amides is 2. The lowest BCUT2D eigenvalue weighted by Crippen LogP contribution is -2.73. The highest BCUT2D eigenvalue weighted by atomic mass is 32.2. The number of thioether (sulfide) groups is 1. The number of para-hydroxylation sites is 1. The highest BCUT2D eigenvalue weighted by Gasteiger charge is 2.55. The van der Waals surface area contributed by atoms with Gasteiger partial charge in [-0.15, -0.1) is 11.8 Å². The van der Waals surface area contributed by atoms with Gasteiger partial charge in [-0.2, -0.15) is 0 Å². The second kappa shape index (κ2) is 6.35. The summed E-state index contributed by atoms with van der Waals surface area (Å²) in [6, 6.07) is 8.33. The molecule has 7 nitrogen and oxygen atoms in total. The topological polar surface area (TPSA) is 95.9 Å². The molecule has 0 aromatic heterocycles. The zero-order valence-corrected chi connectivity index (χ0v) is 13.9. The minimum atomic E-state index is -0.942. The smallest absolute Gasteiger partial charge is 0.312 e. The molecule has 2 aliphatic rings. The molecule has 2 N–H and O–H groups in total. The molecular formula is C16H18N2O5S. The standard InChI is InChI=1S/C16H18N2O5S/c1-16(15(21)22)8-18-13(20)12(14(18)24-9-16)17-11(19)7-23-10-5-3-2-4-6-10/h2-6,12,14H,7-9H2,1H3,(H,17,19)(H,21,22)/t12?,14-,16?/m1/s1. The second-order valence-electron chi connectivity index (χ2n) is 6.18. The number of β-lactam (4-membered cyclic amide) rings is 1. The van der Waals surface area contributed by atoms with Gasteiger partial charge >= 0.3 is 5.97 Å². The first-order chi connectivity index (χ1) is 11.4. The predicted octanol–water partition coefficient (Wildman–Crippen LogP) is 0.556. The van der Waals surface area contributed by atoms with Crippen molar-refractivity contribution in [2.24, 2.45) is 5.41 Å². The summed E-state index contributed by atoms with van der Waals surface area (Å²) in [5.74, 6) is -0.538. The molecule has 0 bridgehead atoms. The van der Waals surface area contributed by atoms with Crippen LogP contribution in [0.1, 0.15) is 6.92 Å². The van der Waals surface area contributed by atoms with Crippen molar-refractivity contribution >= 4 is 29.5 Å². The molecule has 0 spiro atoms. The number of ether oxygens (including phenoxy) is 1. The number of carboxylic acids is 1. The molecule has 2 aliphatic heterocycles. The van der Waals surface area contributed by atoms with Crippen molar-refractivity contribution in [2.75, 3.05) is 18.9 Å². The van der Waals surface area contributed by atoms with Crippen LogP contribution in [-0.2, 0) is 14.4 Å². The van der Waals surface area contributed by atoms with Gasteiger partial charge in [0.15, 0.2) is 6.61 Å². The fourth-order valence-corrected chi connectivity index (χ4v) is 4.20. The molecule has 2 fully saturated rings. The third-order valence-electron chi connectivity index (χ3n) is 4.18. The molecular weight excluding hydrogens is 332 g/mol. The summed E-state index contributed by atoms with van der Waals surface area (Å²) < 4.78 is 5.35. The Morgan fingerprint density at radius 3 is 2.79 bits per heavy atom. The number of hydrogen-bond donors (Lipinski definition) is 2. The zero-order chi connectivity index (χ0) is 17.3. The Kier molecular flexibility index (Phi) is 4.40.